The molecule has 1 rings (SSSR count). The molecule has 0 amide bonds. The Hall–Kier alpha value is -1.03. The molecule has 0 unspecified atom stereocenters. The molecule has 0 aromatic heterocycles. The van der Waals surface area contributed by atoms with Gasteiger partial charge in [-0.15, -0.1) is 0 Å². The van der Waals surface area contributed by atoms with Gasteiger partial charge in [0.15, 0.2) is 0 Å². The van der Waals surface area contributed by atoms with Crippen LogP contribution in [0.15, 0.2) is 18.2 Å². The van der Waals surface area contributed by atoms with Crippen molar-refractivity contribution >= 4 is 10.1 Å². The van der Waals surface area contributed by atoms with E-state index in [4.69, 9.17) is 4.18 Å². The van der Waals surface area contributed by atoms with Gasteiger partial charge in [0.1, 0.15) is 5.75 Å². The molecule has 0 aliphatic rings. The van der Waals surface area contributed by atoms with E-state index >= 15 is 0 Å². The summed E-state index contributed by atoms with van der Waals surface area (Å²) in [6.45, 7) is 7.74. The van der Waals surface area contributed by atoms with Gasteiger partial charge in [-0.3, -0.25) is 0 Å². The smallest absolute Gasteiger partial charge is 0.309 e. The number of hydrogen-bond acceptors (Lipinski definition) is 3. The largest absolute Gasteiger partial charge is 0.382 e. The van der Waals surface area contributed by atoms with Crippen LogP contribution in [0, 0.1) is 19.8 Å². The minimum atomic E-state index is -3.47. The third-order valence-electron chi connectivity index (χ3n) is 2.51. The summed E-state index contributed by atoms with van der Waals surface area (Å²) >= 11 is 0. The molecule has 0 saturated carbocycles. The van der Waals surface area contributed by atoms with Crippen LogP contribution in [0.2, 0.25) is 0 Å². The summed E-state index contributed by atoms with van der Waals surface area (Å²) in [5.74, 6) is 0.860. The first kappa shape index (κ1) is 14.0. The fraction of sp³-hybridized carbons (Fsp3) is 0.538. The Morgan fingerprint density at radius 2 is 1.88 bits per heavy atom. The van der Waals surface area contributed by atoms with E-state index in [1.54, 1.807) is 6.07 Å². The molecular formula is C13H20O3S. The van der Waals surface area contributed by atoms with Crippen molar-refractivity contribution in [3.63, 3.8) is 0 Å². The summed E-state index contributed by atoms with van der Waals surface area (Å²) in [5.41, 5.74) is 1.83. The molecule has 0 aliphatic carbocycles. The first-order valence-electron chi connectivity index (χ1n) is 5.79. The third kappa shape index (κ3) is 4.77. The molecule has 1 aromatic rings. The van der Waals surface area contributed by atoms with Crippen molar-refractivity contribution in [2.75, 3.05) is 5.75 Å². The van der Waals surface area contributed by atoms with Crippen LogP contribution in [0.5, 0.6) is 5.75 Å². The maximum atomic E-state index is 11.7. The lowest BCUT2D eigenvalue weighted by molar-refractivity contribution is 0.475. The maximum Gasteiger partial charge on any atom is 0.309 e. The Labute approximate surface area is 104 Å². The maximum absolute atomic E-state index is 11.7. The van der Waals surface area contributed by atoms with Crippen molar-refractivity contribution in [1.29, 1.82) is 0 Å². The van der Waals surface area contributed by atoms with Crippen molar-refractivity contribution in [3.05, 3.63) is 29.3 Å². The van der Waals surface area contributed by atoms with Crippen molar-refractivity contribution in [3.8, 4) is 5.75 Å². The first-order chi connectivity index (χ1) is 7.80. The van der Waals surface area contributed by atoms with E-state index in [-0.39, 0.29) is 5.75 Å². The highest BCUT2D eigenvalue weighted by Crippen LogP contribution is 2.21. The predicted octanol–water partition coefficient (Wildman–Crippen LogP) is 3.06. The summed E-state index contributed by atoms with van der Waals surface area (Å²) in [7, 11) is -3.47. The Kier molecular flexibility index (Phi) is 4.57. The van der Waals surface area contributed by atoms with Crippen molar-refractivity contribution in [2.24, 2.45) is 5.92 Å². The lowest BCUT2D eigenvalue weighted by Crippen LogP contribution is -2.15. The average Bonchev–Trinajstić information content (AvgIpc) is 2.20. The summed E-state index contributed by atoms with van der Waals surface area (Å²) in [4.78, 5) is 0. The van der Waals surface area contributed by atoms with Gasteiger partial charge in [-0.1, -0.05) is 26.0 Å². The molecule has 0 fully saturated rings. The van der Waals surface area contributed by atoms with Crippen molar-refractivity contribution in [2.45, 2.75) is 34.1 Å². The van der Waals surface area contributed by atoms with Crippen molar-refractivity contribution in [1.82, 2.24) is 0 Å². The van der Waals surface area contributed by atoms with Gasteiger partial charge in [-0.2, -0.15) is 8.42 Å². The van der Waals surface area contributed by atoms with Crippen LogP contribution >= 0.6 is 0 Å². The topological polar surface area (TPSA) is 43.4 Å². The molecule has 0 N–H and O–H groups in total. The fourth-order valence-electron chi connectivity index (χ4n) is 1.36. The van der Waals surface area contributed by atoms with Gasteiger partial charge in [-0.05, 0) is 43.4 Å². The number of hydrogen-bond donors (Lipinski definition) is 0. The van der Waals surface area contributed by atoms with Gasteiger partial charge >= 0.3 is 10.1 Å². The highest BCUT2D eigenvalue weighted by molar-refractivity contribution is 7.87. The van der Waals surface area contributed by atoms with Crippen LogP contribution in [0.3, 0.4) is 0 Å². The van der Waals surface area contributed by atoms with E-state index in [0.717, 1.165) is 11.1 Å². The molecule has 17 heavy (non-hydrogen) atoms. The van der Waals surface area contributed by atoms with Gasteiger partial charge < -0.3 is 4.18 Å². The molecule has 0 atom stereocenters. The molecule has 0 bridgehead atoms. The minimum absolute atomic E-state index is 0.0675. The van der Waals surface area contributed by atoms with Crippen LogP contribution in [-0.2, 0) is 10.1 Å². The molecule has 4 heteroatoms. The monoisotopic (exact) mass is 256 g/mol. The molecule has 0 aliphatic heterocycles. The number of benzene rings is 1. The normalized spacial score (nSPS) is 11.8. The van der Waals surface area contributed by atoms with E-state index < -0.39 is 10.1 Å². The zero-order chi connectivity index (χ0) is 13.1. The molecule has 96 valence electrons. The van der Waals surface area contributed by atoms with Crippen LogP contribution < -0.4 is 4.18 Å². The number of rotatable bonds is 5. The average molecular weight is 256 g/mol. The van der Waals surface area contributed by atoms with Gasteiger partial charge in [0.05, 0.1) is 5.75 Å². The Balaban J connectivity index is 2.79. The van der Waals surface area contributed by atoms with Crippen LogP contribution in [0.1, 0.15) is 31.4 Å². The van der Waals surface area contributed by atoms with Gasteiger partial charge in [0.25, 0.3) is 0 Å². The van der Waals surface area contributed by atoms with Crippen LogP contribution in [0.4, 0.5) is 0 Å². The summed E-state index contributed by atoms with van der Waals surface area (Å²) in [6.07, 6.45) is 0.618. The van der Waals surface area contributed by atoms with Gasteiger partial charge in [0, 0.05) is 0 Å². The Morgan fingerprint density at radius 1 is 1.24 bits per heavy atom. The molecule has 0 saturated heterocycles. The zero-order valence-corrected chi connectivity index (χ0v) is 11.7. The minimum Gasteiger partial charge on any atom is -0.382 e. The van der Waals surface area contributed by atoms with Gasteiger partial charge in [-0.25, -0.2) is 0 Å². The van der Waals surface area contributed by atoms with E-state index in [1.165, 1.54) is 0 Å². The van der Waals surface area contributed by atoms with E-state index in [0.29, 0.717) is 18.1 Å². The predicted molar refractivity (Wildman–Crippen MR) is 69.8 cm³/mol. The Morgan fingerprint density at radius 3 is 2.47 bits per heavy atom. The van der Waals surface area contributed by atoms with Crippen molar-refractivity contribution < 1.29 is 12.6 Å². The highest BCUT2D eigenvalue weighted by Gasteiger charge is 2.15. The quantitative estimate of drug-likeness (QED) is 0.760. The van der Waals surface area contributed by atoms with E-state index in [1.807, 2.05) is 39.8 Å². The molecular weight excluding hydrogens is 236 g/mol. The second-order valence-electron chi connectivity index (χ2n) is 4.80. The first-order valence-corrected chi connectivity index (χ1v) is 7.37. The summed E-state index contributed by atoms with van der Waals surface area (Å²) in [5, 5.41) is 0. The zero-order valence-electron chi connectivity index (χ0n) is 10.9. The summed E-state index contributed by atoms with van der Waals surface area (Å²) in [6, 6.07) is 5.55. The Bertz CT molecular complexity index is 475. The number of aryl methyl sites for hydroxylation is 2. The van der Waals surface area contributed by atoms with Crippen LogP contribution in [-0.4, -0.2) is 14.2 Å². The van der Waals surface area contributed by atoms with E-state index in [9.17, 15) is 8.42 Å². The highest BCUT2D eigenvalue weighted by atomic mass is 32.2. The summed E-state index contributed by atoms with van der Waals surface area (Å²) < 4.78 is 28.6. The molecule has 0 heterocycles. The second-order valence-corrected chi connectivity index (χ2v) is 6.49. The SMILES string of the molecule is Cc1ccc(C)c(OS(=O)(=O)CCC(C)C)c1. The van der Waals surface area contributed by atoms with Crippen LogP contribution in [0.25, 0.3) is 0 Å². The molecule has 0 radical (unpaired) electrons. The van der Waals surface area contributed by atoms with Gasteiger partial charge in [0.2, 0.25) is 0 Å². The fourth-order valence-corrected chi connectivity index (χ4v) is 2.65. The third-order valence-corrected chi connectivity index (χ3v) is 3.67. The lowest BCUT2D eigenvalue weighted by Gasteiger charge is -2.11. The lowest BCUT2D eigenvalue weighted by atomic mass is 10.1. The molecule has 1 aromatic carbocycles. The molecule has 0 spiro atoms. The van der Waals surface area contributed by atoms with E-state index in [2.05, 4.69) is 0 Å². The standard InChI is InChI=1S/C13H20O3S/c1-10(2)7-8-17(14,15)16-13-9-11(3)5-6-12(13)4/h5-6,9-10H,7-8H2,1-4H3. The molecule has 3 nitrogen and oxygen atoms in total. The second kappa shape index (κ2) is 5.54.